The second-order valence-electron chi connectivity index (χ2n) is 5.75. The lowest BCUT2D eigenvalue weighted by atomic mass is 10.1. The van der Waals surface area contributed by atoms with E-state index in [1.807, 2.05) is 0 Å². The molecular weight excluding hydrogens is 387 g/mol. The summed E-state index contributed by atoms with van der Waals surface area (Å²) in [6.45, 7) is -0.00199. The van der Waals surface area contributed by atoms with Crippen molar-refractivity contribution in [3.63, 3.8) is 0 Å². The zero-order chi connectivity index (χ0) is 21.4. The Bertz CT molecular complexity index is 917. The number of hydrogen-bond acceptors (Lipinski definition) is 8. The van der Waals surface area contributed by atoms with Gasteiger partial charge in [0.15, 0.2) is 6.61 Å². The molecule has 2 aromatic carbocycles. The van der Waals surface area contributed by atoms with E-state index in [0.717, 1.165) is 18.2 Å². The summed E-state index contributed by atoms with van der Waals surface area (Å²) in [6, 6.07) is 7.12. The number of benzene rings is 2. The molecule has 1 N–H and O–H groups in total. The molecular formula is C19H19FN2O7. The van der Waals surface area contributed by atoms with Crippen LogP contribution in [-0.4, -0.2) is 50.7 Å². The molecule has 29 heavy (non-hydrogen) atoms. The number of esters is 1. The molecule has 0 spiro atoms. The van der Waals surface area contributed by atoms with E-state index in [1.165, 1.54) is 32.4 Å². The fourth-order valence-corrected chi connectivity index (χ4v) is 2.44. The number of hydrogen-bond donors (Lipinski definition) is 1. The molecule has 0 atom stereocenters. The van der Waals surface area contributed by atoms with Crippen molar-refractivity contribution in [3.8, 4) is 5.75 Å². The predicted octanol–water partition coefficient (Wildman–Crippen LogP) is 2.84. The fourth-order valence-electron chi connectivity index (χ4n) is 2.44. The molecule has 0 bridgehead atoms. The number of nitrogens with zero attached hydrogens (tertiary/aromatic N) is 1. The molecule has 2 rings (SSSR count). The number of Topliss-reactive ketones (excluding diaryl/α,β-unsaturated/α-hetero) is 1. The van der Waals surface area contributed by atoms with Gasteiger partial charge in [-0.05, 0) is 30.3 Å². The standard InChI is InChI=1S/C19H19FN2O7/c1-27-8-7-21-15-5-3-12(9-16(15)22(25)26)19(24)29-11-17(23)14-10-13(20)4-6-18(14)28-2/h3-6,9-10,21H,7-8,11H2,1-2H3. The van der Waals surface area contributed by atoms with E-state index in [1.54, 1.807) is 0 Å². The van der Waals surface area contributed by atoms with Gasteiger partial charge in [-0.15, -0.1) is 0 Å². The van der Waals surface area contributed by atoms with E-state index in [9.17, 15) is 24.1 Å². The van der Waals surface area contributed by atoms with Crippen molar-refractivity contribution in [2.24, 2.45) is 0 Å². The summed E-state index contributed by atoms with van der Waals surface area (Å²) >= 11 is 0. The minimum Gasteiger partial charge on any atom is -0.496 e. The Hall–Kier alpha value is -3.53. The molecule has 0 fully saturated rings. The number of carbonyl (C=O) groups is 2. The molecule has 0 aliphatic rings. The molecule has 0 amide bonds. The highest BCUT2D eigenvalue weighted by molar-refractivity contribution is 6.01. The van der Waals surface area contributed by atoms with Crippen molar-refractivity contribution in [2.45, 2.75) is 0 Å². The molecule has 0 unspecified atom stereocenters. The Balaban J connectivity index is 2.10. The highest BCUT2D eigenvalue weighted by Gasteiger charge is 2.20. The number of halogens is 1. The van der Waals surface area contributed by atoms with E-state index >= 15 is 0 Å². The Morgan fingerprint density at radius 1 is 1.17 bits per heavy atom. The third-order valence-electron chi connectivity index (χ3n) is 3.85. The number of nitro benzene ring substituents is 1. The zero-order valence-corrected chi connectivity index (χ0v) is 15.8. The summed E-state index contributed by atoms with van der Waals surface area (Å²) in [7, 11) is 2.81. The minimum absolute atomic E-state index is 0.0797. The van der Waals surface area contributed by atoms with Crippen LogP contribution in [-0.2, 0) is 9.47 Å². The Kier molecular flexibility index (Phi) is 7.61. The van der Waals surface area contributed by atoms with Crippen LogP contribution in [0, 0.1) is 15.9 Å². The van der Waals surface area contributed by atoms with Crippen LogP contribution < -0.4 is 10.1 Å². The molecule has 2 aromatic rings. The summed E-state index contributed by atoms with van der Waals surface area (Å²) in [5, 5.41) is 14.1. The largest absolute Gasteiger partial charge is 0.496 e. The van der Waals surface area contributed by atoms with Gasteiger partial charge in [0, 0.05) is 19.7 Å². The minimum atomic E-state index is -0.930. The number of anilines is 1. The van der Waals surface area contributed by atoms with E-state index in [-0.39, 0.29) is 28.3 Å². The molecule has 10 heteroatoms. The topological polar surface area (TPSA) is 117 Å². The first kappa shape index (κ1) is 21.8. The number of rotatable bonds is 10. The Morgan fingerprint density at radius 3 is 2.59 bits per heavy atom. The van der Waals surface area contributed by atoms with Gasteiger partial charge < -0.3 is 19.5 Å². The number of nitrogens with one attached hydrogen (secondary N) is 1. The predicted molar refractivity (Wildman–Crippen MR) is 101 cm³/mol. The third kappa shape index (κ3) is 5.72. The second-order valence-corrected chi connectivity index (χ2v) is 5.75. The quantitative estimate of drug-likeness (QED) is 0.210. The van der Waals surface area contributed by atoms with E-state index in [4.69, 9.17) is 14.2 Å². The molecule has 0 aromatic heterocycles. The Labute approximate surface area is 165 Å². The van der Waals surface area contributed by atoms with Crippen molar-refractivity contribution >= 4 is 23.1 Å². The summed E-state index contributed by atoms with van der Waals surface area (Å²) < 4.78 is 28.2. The number of methoxy groups -OCH3 is 2. The van der Waals surface area contributed by atoms with Crippen molar-refractivity contribution in [3.05, 3.63) is 63.5 Å². The normalized spacial score (nSPS) is 10.3. The van der Waals surface area contributed by atoms with Crippen molar-refractivity contribution in [1.82, 2.24) is 0 Å². The van der Waals surface area contributed by atoms with Crippen molar-refractivity contribution in [2.75, 3.05) is 39.3 Å². The lowest BCUT2D eigenvalue weighted by Crippen LogP contribution is -2.16. The molecule has 0 radical (unpaired) electrons. The maximum Gasteiger partial charge on any atom is 0.338 e. The van der Waals surface area contributed by atoms with Crippen LogP contribution in [0.3, 0.4) is 0 Å². The highest BCUT2D eigenvalue weighted by Crippen LogP contribution is 2.26. The Morgan fingerprint density at radius 2 is 1.93 bits per heavy atom. The van der Waals surface area contributed by atoms with Crippen LogP contribution in [0.4, 0.5) is 15.8 Å². The van der Waals surface area contributed by atoms with Crippen LogP contribution in [0.15, 0.2) is 36.4 Å². The van der Waals surface area contributed by atoms with E-state index < -0.39 is 29.1 Å². The van der Waals surface area contributed by atoms with Gasteiger partial charge >= 0.3 is 5.97 Å². The van der Waals surface area contributed by atoms with Gasteiger partial charge in [-0.1, -0.05) is 0 Å². The fraction of sp³-hybridized carbons (Fsp3) is 0.263. The third-order valence-corrected chi connectivity index (χ3v) is 3.85. The average molecular weight is 406 g/mol. The second kappa shape index (κ2) is 10.1. The van der Waals surface area contributed by atoms with Gasteiger partial charge in [0.05, 0.1) is 29.8 Å². The summed E-state index contributed by atoms with van der Waals surface area (Å²) in [4.78, 5) is 35.1. The number of nitro groups is 1. The van der Waals surface area contributed by atoms with E-state index in [2.05, 4.69) is 5.32 Å². The van der Waals surface area contributed by atoms with Crippen LogP contribution in [0.2, 0.25) is 0 Å². The van der Waals surface area contributed by atoms with Gasteiger partial charge in [0.2, 0.25) is 5.78 Å². The highest BCUT2D eigenvalue weighted by atomic mass is 19.1. The molecule has 0 heterocycles. The van der Waals surface area contributed by atoms with Gasteiger partial charge in [-0.2, -0.15) is 0 Å². The maximum absolute atomic E-state index is 13.4. The summed E-state index contributed by atoms with van der Waals surface area (Å²) in [5.41, 5.74) is -0.296. The average Bonchev–Trinajstić information content (AvgIpc) is 2.71. The molecule has 0 aliphatic heterocycles. The molecule has 0 saturated heterocycles. The van der Waals surface area contributed by atoms with Gasteiger partial charge in [-0.25, -0.2) is 9.18 Å². The zero-order valence-electron chi connectivity index (χ0n) is 15.8. The van der Waals surface area contributed by atoms with Crippen molar-refractivity contribution in [1.29, 1.82) is 0 Å². The number of carbonyl (C=O) groups excluding carboxylic acids is 2. The monoisotopic (exact) mass is 406 g/mol. The first-order valence-electron chi connectivity index (χ1n) is 8.42. The maximum atomic E-state index is 13.4. The van der Waals surface area contributed by atoms with Crippen molar-refractivity contribution < 1.29 is 33.1 Å². The van der Waals surface area contributed by atoms with Gasteiger partial charge in [-0.3, -0.25) is 14.9 Å². The first-order chi connectivity index (χ1) is 13.9. The SMILES string of the molecule is COCCNc1ccc(C(=O)OCC(=O)c2cc(F)ccc2OC)cc1[N+](=O)[O-]. The van der Waals surface area contributed by atoms with Crippen LogP contribution in [0.1, 0.15) is 20.7 Å². The first-order valence-corrected chi connectivity index (χ1v) is 8.42. The van der Waals surface area contributed by atoms with Crippen LogP contribution in [0.5, 0.6) is 5.75 Å². The lowest BCUT2D eigenvalue weighted by Gasteiger charge is -2.10. The smallest absolute Gasteiger partial charge is 0.338 e. The molecule has 0 aliphatic carbocycles. The lowest BCUT2D eigenvalue weighted by molar-refractivity contribution is -0.384. The van der Waals surface area contributed by atoms with E-state index in [0.29, 0.717) is 13.2 Å². The number of ketones is 1. The summed E-state index contributed by atoms with van der Waals surface area (Å²) in [5.74, 6) is -2.12. The summed E-state index contributed by atoms with van der Waals surface area (Å²) in [6.07, 6.45) is 0. The molecule has 9 nitrogen and oxygen atoms in total. The van der Waals surface area contributed by atoms with Crippen LogP contribution >= 0.6 is 0 Å². The van der Waals surface area contributed by atoms with Gasteiger partial charge in [0.25, 0.3) is 5.69 Å². The molecule has 154 valence electrons. The number of ether oxygens (including phenoxy) is 3. The molecule has 0 saturated carbocycles. The van der Waals surface area contributed by atoms with Gasteiger partial charge in [0.1, 0.15) is 17.3 Å². The van der Waals surface area contributed by atoms with Crippen LogP contribution in [0.25, 0.3) is 0 Å².